The highest BCUT2D eigenvalue weighted by Gasteiger charge is 2.44. The lowest BCUT2D eigenvalue weighted by Gasteiger charge is -2.24. The third-order valence-electron chi connectivity index (χ3n) is 4.97. The molecule has 3 N–H and O–H groups in total. The summed E-state index contributed by atoms with van der Waals surface area (Å²) in [5.41, 5.74) is -0.123. The lowest BCUT2D eigenvalue weighted by Crippen LogP contribution is -2.40. The molecule has 0 spiro atoms. The van der Waals surface area contributed by atoms with Crippen molar-refractivity contribution in [3.63, 3.8) is 0 Å². The van der Waals surface area contributed by atoms with E-state index in [2.05, 4.69) is 20.5 Å². The van der Waals surface area contributed by atoms with Crippen LogP contribution < -0.4 is 15.7 Å². The molecule has 13 heteroatoms. The monoisotopic (exact) mass is 500 g/mol. The number of nitrogens with one attached hydrogen (secondary N) is 2. The molecule has 1 aromatic heterocycles. The Balaban J connectivity index is 1.98. The average molecular weight is 501 g/mol. The number of nitrogens with zero attached hydrogens (tertiary/aromatic N) is 2. The van der Waals surface area contributed by atoms with E-state index < -0.39 is 30.5 Å². The number of aliphatic hydroxyl groups is 1. The molecule has 0 atom stereocenters. The fraction of sp³-hybridized carbons (Fsp3) is 0.333. The second-order valence-corrected chi connectivity index (χ2v) is 7.80. The minimum absolute atomic E-state index is 0.0345. The molecule has 0 unspecified atom stereocenters. The highest BCUT2D eigenvalue weighted by atomic mass is 35.5. The third-order valence-corrected chi connectivity index (χ3v) is 5.20. The molecule has 2 heterocycles. The molecule has 3 rings (SSSR count). The maximum atomic E-state index is 13.3. The standard InChI is InChI=1S/C21H20ClF3N4O5/c22-14-2-4-17(27-10-14)29(34-20(33)21(23,24)25)19(32)15-9-12(11-30)1-3-16(15)28-18(31)13-5-7-26-8-6-13/h1-4,9-10,13,26,30H,5-8,11H2,(H,28,31). The number of carbonyl (C=O) groups is 3. The molecule has 2 aromatic rings. The molecule has 1 aliphatic rings. The molecule has 34 heavy (non-hydrogen) atoms. The highest BCUT2D eigenvalue weighted by Crippen LogP contribution is 2.27. The van der Waals surface area contributed by atoms with Crippen LogP contribution in [0.4, 0.5) is 24.7 Å². The normalized spacial score (nSPS) is 14.4. The summed E-state index contributed by atoms with van der Waals surface area (Å²) in [5, 5.41) is 15.4. The van der Waals surface area contributed by atoms with E-state index in [1.165, 1.54) is 24.3 Å². The molecule has 2 amide bonds. The zero-order valence-corrected chi connectivity index (χ0v) is 18.3. The van der Waals surface area contributed by atoms with Crippen molar-refractivity contribution in [2.24, 2.45) is 5.92 Å². The van der Waals surface area contributed by atoms with Gasteiger partial charge in [0, 0.05) is 12.1 Å². The maximum Gasteiger partial charge on any atom is 0.493 e. The van der Waals surface area contributed by atoms with Gasteiger partial charge in [-0.15, -0.1) is 5.06 Å². The van der Waals surface area contributed by atoms with Gasteiger partial charge in [0.1, 0.15) is 0 Å². The van der Waals surface area contributed by atoms with E-state index in [0.29, 0.717) is 25.9 Å². The molecule has 9 nitrogen and oxygen atoms in total. The number of aliphatic hydroxyl groups excluding tert-OH is 1. The number of rotatable bonds is 5. The van der Waals surface area contributed by atoms with E-state index in [0.717, 1.165) is 12.3 Å². The van der Waals surface area contributed by atoms with Gasteiger partial charge >= 0.3 is 12.1 Å². The van der Waals surface area contributed by atoms with Crippen LogP contribution in [-0.4, -0.2) is 47.1 Å². The van der Waals surface area contributed by atoms with Gasteiger partial charge in [-0.05, 0) is 55.8 Å². The number of hydroxylamine groups is 1. The van der Waals surface area contributed by atoms with E-state index in [1.807, 2.05) is 0 Å². The second kappa shape index (κ2) is 10.8. The fourth-order valence-corrected chi connectivity index (χ4v) is 3.33. The first kappa shape index (κ1) is 25.4. The molecule has 1 saturated heterocycles. The van der Waals surface area contributed by atoms with E-state index in [9.17, 15) is 32.7 Å². The van der Waals surface area contributed by atoms with E-state index in [4.69, 9.17) is 11.6 Å². The van der Waals surface area contributed by atoms with Crippen LogP contribution in [0.1, 0.15) is 28.8 Å². The molecular formula is C21H20ClF3N4O5. The Morgan fingerprint density at radius 2 is 1.91 bits per heavy atom. The first-order chi connectivity index (χ1) is 16.1. The van der Waals surface area contributed by atoms with Crippen LogP contribution in [0.3, 0.4) is 0 Å². The Hall–Kier alpha value is -3.22. The largest absolute Gasteiger partial charge is 0.493 e. The van der Waals surface area contributed by atoms with E-state index >= 15 is 0 Å². The summed E-state index contributed by atoms with van der Waals surface area (Å²) >= 11 is 5.75. The van der Waals surface area contributed by atoms with Crippen LogP contribution in [0.15, 0.2) is 36.5 Å². The zero-order valence-electron chi connectivity index (χ0n) is 17.6. The SMILES string of the molecule is O=C(Nc1ccc(CO)cc1C(=O)N(OC(=O)C(F)(F)F)c1ccc(Cl)cn1)C1CCNCC1. The lowest BCUT2D eigenvalue weighted by atomic mass is 9.97. The molecular weight excluding hydrogens is 481 g/mol. The number of halogens is 4. The minimum atomic E-state index is -5.40. The van der Waals surface area contributed by atoms with Crippen LogP contribution in [0.2, 0.25) is 5.02 Å². The summed E-state index contributed by atoms with van der Waals surface area (Å²) in [6, 6.07) is 6.24. The number of aromatic nitrogens is 1. The predicted molar refractivity (Wildman–Crippen MR) is 115 cm³/mol. The molecule has 1 aromatic carbocycles. The number of pyridine rings is 1. The smallest absolute Gasteiger partial charge is 0.392 e. The summed E-state index contributed by atoms with van der Waals surface area (Å²) in [6.45, 7) is 0.776. The van der Waals surface area contributed by atoms with Gasteiger partial charge < -0.3 is 20.6 Å². The van der Waals surface area contributed by atoms with Crippen molar-refractivity contribution >= 4 is 40.9 Å². The number of benzene rings is 1. The highest BCUT2D eigenvalue weighted by molar-refractivity contribution is 6.30. The van der Waals surface area contributed by atoms with Crippen molar-refractivity contribution in [2.75, 3.05) is 23.5 Å². The van der Waals surface area contributed by atoms with Crippen molar-refractivity contribution < 1.29 is 37.5 Å². The van der Waals surface area contributed by atoms with Crippen molar-refractivity contribution in [3.05, 3.63) is 52.7 Å². The third kappa shape index (κ3) is 6.22. The summed E-state index contributed by atoms with van der Waals surface area (Å²) in [5.74, 6) is -5.06. The van der Waals surface area contributed by atoms with Gasteiger partial charge in [0.15, 0.2) is 5.82 Å². The van der Waals surface area contributed by atoms with Gasteiger partial charge in [-0.3, -0.25) is 9.59 Å². The van der Waals surface area contributed by atoms with Gasteiger partial charge in [0.25, 0.3) is 5.91 Å². The second-order valence-electron chi connectivity index (χ2n) is 7.36. The molecule has 0 aliphatic carbocycles. The first-order valence-corrected chi connectivity index (χ1v) is 10.5. The molecule has 0 radical (unpaired) electrons. The van der Waals surface area contributed by atoms with Crippen LogP contribution in [0.5, 0.6) is 0 Å². The van der Waals surface area contributed by atoms with Gasteiger partial charge in [-0.1, -0.05) is 17.7 Å². The summed E-state index contributed by atoms with van der Waals surface area (Å²) in [4.78, 5) is 45.6. The van der Waals surface area contributed by atoms with Crippen LogP contribution in [0, 0.1) is 5.92 Å². The lowest BCUT2D eigenvalue weighted by molar-refractivity contribution is -0.200. The zero-order chi connectivity index (χ0) is 24.9. The summed E-state index contributed by atoms with van der Waals surface area (Å²) < 4.78 is 38.6. The fourth-order valence-electron chi connectivity index (χ4n) is 3.22. The topological polar surface area (TPSA) is 121 Å². The number of amides is 2. The molecule has 1 aliphatic heterocycles. The number of hydrogen-bond donors (Lipinski definition) is 3. The molecule has 0 bridgehead atoms. The quantitative estimate of drug-likeness (QED) is 0.540. The number of anilines is 2. The number of piperidine rings is 1. The van der Waals surface area contributed by atoms with Gasteiger partial charge in [0.05, 0.1) is 22.9 Å². The van der Waals surface area contributed by atoms with Crippen LogP contribution in [-0.2, 0) is 21.0 Å². The summed E-state index contributed by atoms with van der Waals surface area (Å²) in [7, 11) is 0. The average Bonchev–Trinajstić information content (AvgIpc) is 2.82. The number of carbonyl (C=O) groups excluding carboxylic acids is 3. The molecule has 0 saturated carbocycles. The Labute approximate surface area is 196 Å². The Bertz CT molecular complexity index is 1060. The molecule has 182 valence electrons. The van der Waals surface area contributed by atoms with Crippen molar-refractivity contribution in [1.82, 2.24) is 10.3 Å². The Morgan fingerprint density at radius 3 is 2.50 bits per heavy atom. The Kier molecular flexibility index (Phi) is 8.07. The van der Waals surface area contributed by atoms with Crippen LogP contribution >= 0.6 is 11.6 Å². The van der Waals surface area contributed by atoms with E-state index in [-0.39, 0.29) is 38.7 Å². The maximum absolute atomic E-state index is 13.3. The summed E-state index contributed by atoms with van der Waals surface area (Å²) in [6.07, 6.45) is -3.23. The molecule has 1 fully saturated rings. The van der Waals surface area contributed by atoms with E-state index in [1.54, 1.807) is 0 Å². The van der Waals surface area contributed by atoms with Gasteiger partial charge in [-0.25, -0.2) is 9.78 Å². The van der Waals surface area contributed by atoms with Gasteiger partial charge in [-0.2, -0.15) is 13.2 Å². The number of hydrogen-bond acceptors (Lipinski definition) is 7. The first-order valence-electron chi connectivity index (χ1n) is 10.1. The van der Waals surface area contributed by atoms with Crippen LogP contribution in [0.25, 0.3) is 0 Å². The van der Waals surface area contributed by atoms with Crippen molar-refractivity contribution in [2.45, 2.75) is 25.6 Å². The van der Waals surface area contributed by atoms with Gasteiger partial charge in [0.2, 0.25) is 5.91 Å². The number of alkyl halides is 3. The Morgan fingerprint density at radius 1 is 1.21 bits per heavy atom. The predicted octanol–water partition coefficient (Wildman–Crippen LogP) is 2.83. The van der Waals surface area contributed by atoms with Crippen molar-refractivity contribution in [1.29, 1.82) is 0 Å². The van der Waals surface area contributed by atoms with Crippen molar-refractivity contribution in [3.8, 4) is 0 Å². The minimum Gasteiger partial charge on any atom is -0.392 e.